The number of hydrogen-bond acceptors (Lipinski definition) is 11. The molecule has 284 valence electrons. The van der Waals surface area contributed by atoms with E-state index in [1.807, 2.05) is 24.3 Å². The summed E-state index contributed by atoms with van der Waals surface area (Å²) in [4.78, 5) is 34.0. The first-order chi connectivity index (χ1) is 26.5. The first kappa shape index (κ1) is 38.2. The molecule has 0 spiro atoms. The van der Waals surface area contributed by atoms with Crippen molar-refractivity contribution < 1.29 is 34.4 Å². The van der Waals surface area contributed by atoms with Crippen molar-refractivity contribution in [2.75, 3.05) is 26.7 Å². The second kappa shape index (κ2) is 16.3. The molecule has 1 unspecified atom stereocenters. The lowest BCUT2D eigenvalue weighted by molar-refractivity contribution is -0.141. The molecule has 1 aliphatic carbocycles. The molecule has 3 atom stereocenters. The van der Waals surface area contributed by atoms with Crippen LogP contribution in [0.25, 0.3) is 31.9 Å². The third-order valence-corrected chi connectivity index (χ3v) is 11.7. The number of methoxy groups -OCH3 is 1. The maximum Gasteiger partial charge on any atom is 0.307 e. The molecule has 1 saturated heterocycles. The Hall–Kier alpha value is -5.10. The molecule has 4 N–H and O–H groups in total. The van der Waals surface area contributed by atoms with Crippen molar-refractivity contribution in [3.05, 3.63) is 93.0 Å². The number of aliphatic carboxylic acids is 2. The van der Waals surface area contributed by atoms with E-state index in [0.29, 0.717) is 48.1 Å². The summed E-state index contributed by atoms with van der Waals surface area (Å²) in [6.45, 7) is 4.21. The van der Waals surface area contributed by atoms with Gasteiger partial charge in [0.15, 0.2) is 0 Å². The maximum absolute atomic E-state index is 11.5. The minimum Gasteiger partial charge on any atom is -0.481 e. The average molecular weight is 782 g/mol. The zero-order valence-electron chi connectivity index (χ0n) is 30.3. The van der Waals surface area contributed by atoms with Gasteiger partial charge in [-0.05, 0) is 84.3 Å². The molecule has 7 rings (SSSR count). The average Bonchev–Trinajstić information content (AvgIpc) is 3.91. The van der Waals surface area contributed by atoms with Crippen LogP contribution in [-0.4, -0.2) is 75.0 Å². The van der Waals surface area contributed by atoms with Crippen LogP contribution in [-0.2, 0) is 29.1 Å². The monoisotopic (exact) mass is 781 g/mol. The standard InChI is InChI=1S/C41H40ClN5O7S/c1-22-28(5-3-6-29(22)40-45-34-14-23(13-25(17-43)37(34)55-40)20-47-12-11-24(21-47)41(51)52)30-7-4-8-32-31(30)9-10-35(32)54-39-33(42)15-26(38(46-39)53-2)18-44-19-27(48)16-36(49)50/h3-8,13-15,24,27,35,44,48H,9-12,16,18-21H2,1-2H3,(H,49,50)(H,51,52)/t24-,27?,35-/m0/s1. The summed E-state index contributed by atoms with van der Waals surface area (Å²) in [6.07, 6.45) is 0.451. The normalized spacial score (nSPS) is 17.2. The number of likely N-dealkylation sites (tertiary alicyclic amines) is 1. The Balaban J connectivity index is 1.11. The lowest BCUT2D eigenvalue weighted by atomic mass is 9.91. The number of aliphatic hydroxyl groups excluding tert-OH is 1. The number of aromatic nitrogens is 2. The van der Waals surface area contributed by atoms with Gasteiger partial charge in [0.1, 0.15) is 22.2 Å². The molecule has 0 radical (unpaired) electrons. The second-order valence-electron chi connectivity index (χ2n) is 14.0. The van der Waals surface area contributed by atoms with E-state index in [-0.39, 0.29) is 37.4 Å². The summed E-state index contributed by atoms with van der Waals surface area (Å²) in [6, 6.07) is 20.4. The Morgan fingerprint density at radius 3 is 2.62 bits per heavy atom. The Labute approximate surface area is 326 Å². The van der Waals surface area contributed by atoms with Crippen molar-refractivity contribution in [3.8, 4) is 39.5 Å². The molecule has 0 amide bonds. The first-order valence-corrected chi connectivity index (χ1v) is 19.2. The number of nitriles is 1. The SMILES string of the molecule is COc1nc(O[C@H]2CCc3c(-c4cccc(-c5nc6cc(CN7CC[C@H](C(=O)O)C7)cc(C#N)c6s5)c4C)cccc32)c(Cl)cc1CNCC(O)CC(=O)O. The van der Waals surface area contributed by atoms with Crippen molar-refractivity contribution in [2.45, 2.75) is 57.9 Å². The van der Waals surface area contributed by atoms with E-state index in [1.54, 1.807) is 6.07 Å². The number of halogens is 1. The van der Waals surface area contributed by atoms with Crippen molar-refractivity contribution in [1.29, 1.82) is 5.26 Å². The van der Waals surface area contributed by atoms with Crippen LogP contribution in [0.4, 0.5) is 0 Å². The number of carboxylic acid groups (broad SMARTS) is 2. The number of benzene rings is 3. The van der Waals surface area contributed by atoms with E-state index < -0.39 is 18.0 Å². The molecule has 3 heterocycles. The number of nitrogens with one attached hydrogen (secondary N) is 1. The van der Waals surface area contributed by atoms with Crippen LogP contribution < -0.4 is 14.8 Å². The molecule has 2 aliphatic rings. The summed E-state index contributed by atoms with van der Waals surface area (Å²) < 4.78 is 12.8. The van der Waals surface area contributed by atoms with Crippen molar-refractivity contribution in [3.63, 3.8) is 0 Å². The van der Waals surface area contributed by atoms with Gasteiger partial charge >= 0.3 is 11.9 Å². The molecule has 55 heavy (non-hydrogen) atoms. The van der Waals surface area contributed by atoms with Gasteiger partial charge in [-0.15, -0.1) is 11.3 Å². The second-order valence-corrected chi connectivity index (χ2v) is 15.4. The number of ether oxygens (including phenoxy) is 2. The molecular weight excluding hydrogens is 742 g/mol. The number of carboxylic acids is 2. The fourth-order valence-electron chi connectivity index (χ4n) is 7.63. The largest absolute Gasteiger partial charge is 0.481 e. The van der Waals surface area contributed by atoms with E-state index in [0.717, 1.165) is 61.4 Å². The highest BCUT2D eigenvalue weighted by molar-refractivity contribution is 7.22. The molecule has 2 aromatic heterocycles. The minimum atomic E-state index is -1.08. The number of fused-ring (bicyclic) bond motifs is 2. The highest BCUT2D eigenvalue weighted by Crippen LogP contribution is 2.44. The van der Waals surface area contributed by atoms with Gasteiger partial charge in [0.2, 0.25) is 11.8 Å². The highest BCUT2D eigenvalue weighted by Gasteiger charge is 2.30. The number of rotatable bonds is 14. The molecule has 5 aromatic rings. The molecule has 0 bridgehead atoms. The topological polar surface area (TPSA) is 178 Å². The molecule has 1 aliphatic heterocycles. The van der Waals surface area contributed by atoms with Crippen LogP contribution in [0.1, 0.15) is 58.7 Å². The summed E-state index contributed by atoms with van der Waals surface area (Å²) in [5.41, 5.74) is 9.41. The van der Waals surface area contributed by atoms with Gasteiger partial charge in [-0.1, -0.05) is 48.0 Å². The van der Waals surface area contributed by atoms with Crippen molar-refractivity contribution >= 4 is 45.1 Å². The zero-order chi connectivity index (χ0) is 38.8. The predicted molar refractivity (Wildman–Crippen MR) is 208 cm³/mol. The van der Waals surface area contributed by atoms with Crippen LogP contribution in [0, 0.1) is 24.2 Å². The Morgan fingerprint density at radius 2 is 1.87 bits per heavy atom. The van der Waals surface area contributed by atoms with E-state index >= 15 is 0 Å². The van der Waals surface area contributed by atoms with Gasteiger partial charge < -0.3 is 30.1 Å². The highest BCUT2D eigenvalue weighted by atomic mass is 35.5. The molecule has 12 nitrogen and oxygen atoms in total. The molecular formula is C41H40ClN5O7S. The van der Waals surface area contributed by atoms with Gasteiger partial charge in [-0.3, -0.25) is 14.5 Å². The fourth-order valence-corrected chi connectivity index (χ4v) is 8.94. The zero-order valence-corrected chi connectivity index (χ0v) is 31.9. The minimum absolute atomic E-state index is 0.0799. The lowest BCUT2D eigenvalue weighted by Gasteiger charge is -2.18. The van der Waals surface area contributed by atoms with Gasteiger partial charge in [-0.2, -0.15) is 10.2 Å². The Kier molecular flexibility index (Phi) is 11.3. The van der Waals surface area contributed by atoms with Gasteiger partial charge in [-0.25, -0.2) is 4.98 Å². The number of thiazole rings is 1. The Morgan fingerprint density at radius 1 is 1.09 bits per heavy atom. The smallest absolute Gasteiger partial charge is 0.307 e. The van der Waals surface area contributed by atoms with Gasteiger partial charge in [0, 0.05) is 37.3 Å². The lowest BCUT2D eigenvalue weighted by Crippen LogP contribution is -2.28. The number of aliphatic hydroxyl groups is 1. The third-order valence-electron chi connectivity index (χ3n) is 10.3. The number of hydrogen-bond donors (Lipinski definition) is 4. The van der Waals surface area contributed by atoms with Crippen LogP contribution >= 0.6 is 22.9 Å². The van der Waals surface area contributed by atoms with E-state index in [1.165, 1.54) is 24.0 Å². The summed E-state index contributed by atoms with van der Waals surface area (Å²) in [7, 11) is 1.50. The van der Waals surface area contributed by atoms with Gasteiger partial charge in [0.25, 0.3) is 0 Å². The maximum atomic E-state index is 11.5. The molecule has 1 fully saturated rings. The number of pyridine rings is 1. The van der Waals surface area contributed by atoms with E-state index in [9.17, 15) is 25.1 Å². The fraction of sp³-hybridized carbons (Fsp3) is 0.341. The van der Waals surface area contributed by atoms with Crippen LogP contribution in [0.3, 0.4) is 0 Å². The number of carbonyl (C=O) groups is 2. The van der Waals surface area contributed by atoms with E-state index in [2.05, 4.69) is 52.5 Å². The van der Waals surface area contributed by atoms with Crippen molar-refractivity contribution in [2.24, 2.45) is 5.92 Å². The summed E-state index contributed by atoms with van der Waals surface area (Å²) in [5.74, 6) is -1.65. The molecule has 3 aromatic carbocycles. The first-order valence-electron chi connectivity index (χ1n) is 18.0. The van der Waals surface area contributed by atoms with Crippen LogP contribution in [0.15, 0.2) is 54.6 Å². The third kappa shape index (κ3) is 8.15. The molecule has 14 heteroatoms. The van der Waals surface area contributed by atoms with Gasteiger partial charge in [0.05, 0.1) is 41.3 Å². The predicted octanol–water partition coefficient (Wildman–Crippen LogP) is 6.77. The quantitative estimate of drug-likeness (QED) is 0.0932. The van der Waals surface area contributed by atoms with Crippen LogP contribution in [0.5, 0.6) is 11.8 Å². The summed E-state index contributed by atoms with van der Waals surface area (Å²) in [5, 5.41) is 42.4. The summed E-state index contributed by atoms with van der Waals surface area (Å²) >= 11 is 8.17. The number of nitrogens with zero attached hydrogens (tertiary/aromatic N) is 4. The van der Waals surface area contributed by atoms with E-state index in [4.69, 9.17) is 31.2 Å². The van der Waals surface area contributed by atoms with Crippen LogP contribution in [0.2, 0.25) is 5.02 Å². The molecule has 0 saturated carbocycles. The Bertz CT molecular complexity index is 2320. The van der Waals surface area contributed by atoms with Crippen molar-refractivity contribution in [1.82, 2.24) is 20.2 Å².